The monoisotopic (exact) mass is 334 g/mol. The van der Waals surface area contributed by atoms with E-state index in [-0.39, 0.29) is 0 Å². The van der Waals surface area contributed by atoms with Crippen LogP contribution in [0.3, 0.4) is 0 Å². The van der Waals surface area contributed by atoms with Crippen LogP contribution in [-0.2, 0) is 10.2 Å². The standard InChI is InChI=1S/C25H18O/c1-2-9-17-18-10-3-6-13-21(18)25(24(17)16-26)22-14-7-4-11-19(22)20-12-5-8-15-23(20)25/h2-16H,1H3/b9-2-. The predicted octanol–water partition coefficient (Wildman–Crippen LogP) is 5.54. The van der Waals surface area contributed by atoms with Gasteiger partial charge in [-0.2, -0.15) is 0 Å². The minimum atomic E-state index is -0.514. The van der Waals surface area contributed by atoms with E-state index < -0.39 is 5.41 Å². The maximum atomic E-state index is 12.4. The minimum Gasteiger partial charge on any atom is -0.298 e. The van der Waals surface area contributed by atoms with Gasteiger partial charge in [0.2, 0.25) is 0 Å². The Hall–Kier alpha value is -3.19. The molecule has 0 bridgehead atoms. The highest BCUT2D eigenvalue weighted by molar-refractivity contribution is 6.06. The normalized spacial score (nSPS) is 16.0. The van der Waals surface area contributed by atoms with E-state index in [2.05, 4.69) is 78.9 Å². The summed E-state index contributed by atoms with van der Waals surface area (Å²) in [6.45, 7) is 2.00. The zero-order chi connectivity index (χ0) is 17.7. The van der Waals surface area contributed by atoms with Gasteiger partial charge in [0.05, 0.1) is 5.41 Å². The van der Waals surface area contributed by atoms with E-state index >= 15 is 0 Å². The molecule has 3 aromatic rings. The molecule has 0 aliphatic heterocycles. The summed E-state index contributed by atoms with van der Waals surface area (Å²) in [5.74, 6) is 0. The van der Waals surface area contributed by atoms with Crippen LogP contribution in [-0.4, -0.2) is 6.29 Å². The van der Waals surface area contributed by atoms with Crippen LogP contribution in [0.4, 0.5) is 0 Å². The summed E-state index contributed by atoms with van der Waals surface area (Å²) in [6, 6.07) is 25.4. The van der Waals surface area contributed by atoms with Gasteiger partial charge in [0.1, 0.15) is 6.29 Å². The van der Waals surface area contributed by atoms with Gasteiger partial charge in [0.25, 0.3) is 0 Å². The zero-order valence-electron chi connectivity index (χ0n) is 14.6. The Bertz CT molecular complexity index is 1070. The third-order valence-corrected chi connectivity index (χ3v) is 5.72. The van der Waals surface area contributed by atoms with E-state index in [1.807, 2.05) is 13.0 Å². The molecule has 0 N–H and O–H groups in total. The molecule has 0 unspecified atom stereocenters. The van der Waals surface area contributed by atoms with E-state index in [1.165, 1.54) is 27.8 Å². The molecule has 0 atom stereocenters. The number of benzene rings is 3. The third-order valence-electron chi connectivity index (χ3n) is 5.72. The minimum absolute atomic E-state index is 0.514. The lowest BCUT2D eigenvalue weighted by molar-refractivity contribution is -0.105. The van der Waals surface area contributed by atoms with E-state index in [0.29, 0.717) is 0 Å². The average molecular weight is 334 g/mol. The predicted molar refractivity (Wildman–Crippen MR) is 106 cm³/mol. The van der Waals surface area contributed by atoms with Crippen molar-refractivity contribution in [3.8, 4) is 11.1 Å². The molecule has 0 radical (unpaired) electrons. The summed E-state index contributed by atoms with van der Waals surface area (Å²) in [5.41, 5.74) is 8.56. The molecule has 26 heavy (non-hydrogen) atoms. The van der Waals surface area contributed by atoms with Crippen molar-refractivity contribution in [1.29, 1.82) is 0 Å². The molecule has 2 aliphatic rings. The quantitative estimate of drug-likeness (QED) is 0.562. The Labute approximate surface area is 153 Å². The molecule has 0 amide bonds. The Morgan fingerprint density at radius 2 is 1.15 bits per heavy atom. The van der Waals surface area contributed by atoms with Crippen LogP contribution in [0.5, 0.6) is 0 Å². The number of fused-ring (bicyclic) bond motifs is 7. The number of rotatable bonds is 2. The molecule has 5 rings (SSSR count). The fourth-order valence-corrected chi connectivity index (χ4v) is 4.85. The lowest BCUT2D eigenvalue weighted by Gasteiger charge is -2.30. The highest BCUT2D eigenvalue weighted by Crippen LogP contribution is 2.61. The summed E-state index contributed by atoms with van der Waals surface area (Å²) in [6.07, 6.45) is 5.15. The third kappa shape index (κ3) is 1.63. The Morgan fingerprint density at radius 1 is 0.692 bits per heavy atom. The number of allylic oxidation sites excluding steroid dienone is 4. The average Bonchev–Trinajstić information content (AvgIpc) is 3.15. The van der Waals surface area contributed by atoms with Gasteiger partial charge in [-0.25, -0.2) is 0 Å². The number of hydrogen-bond donors (Lipinski definition) is 0. The lowest BCUT2D eigenvalue weighted by atomic mass is 9.70. The maximum Gasteiger partial charge on any atom is 0.148 e. The number of carbonyl (C=O) groups is 1. The first-order valence-electron chi connectivity index (χ1n) is 8.96. The van der Waals surface area contributed by atoms with Gasteiger partial charge in [-0.15, -0.1) is 0 Å². The summed E-state index contributed by atoms with van der Waals surface area (Å²) in [7, 11) is 0. The second-order valence-corrected chi connectivity index (χ2v) is 6.83. The van der Waals surface area contributed by atoms with Crippen molar-refractivity contribution in [2.24, 2.45) is 0 Å². The van der Waals surface area contributed by atoms with Crippen LogP contribution >= 0.6 is 0 Å². The molecule has 0 heterocycles. The summed E-state index contributed by atoms with van der Waals surface area (Å²) < 4.78 is 0. The van der Waals surface area contributed by atoms with Crippen molar-refractivity contribution in [3.05, 3.63) is 113 Å². The summed E-state index contributed by atoms with van der Waals surface area (Å²) in [5, 5.41) is 0. The summed E-state index contributed by atoms with van der Waals surface area (Å²) in [4.78, 5) is 12.4. The molecule has 3 aromatic carbocycles. The van der Waals surface area contributed by atoms with Gasteiger partial charge in [-0.05, 0) is 45.9 Å². The molecule has 2 aliphatic carbocycles. The molecule has 1 heteroatoms. The van der Waals surface area contributed by atoms with Crippen LogP contribution in [0.2, 0.25) is 0 Å². The van der Waals surface area contributed by atoms with E-state index in [4.69, 9.17) is 0 Å². The van der Waals surface area contributed by atoms with Crippen molar-refractivity contribution in [1.82, 2.24) is 0 Å². The van der Waals surface area contributed by atoms with Crippen LogP contribution in [0, 0.1) is 0 Å². The van der Waals surface area contributed by atoms with Crippen molar-refractivity contribution in [2.45, 2.75) is 12.3 Å². The highest BCUT2D eigenvalue weighted by atomic mass is 16.1. The van der Waals surface area contributed by atoms with Gasteiger partial charge < -0.3 is 0 Å². The van der Waals surface area contributed by atoms with Crippen molar-refractivity contribution in [3.63, 3.8) is 0 Å². The second-order valence-electron chi connectivity index (χ2n) is 6.83. The molecule has 124 valence electrons. The highest BCUT2D eigenvalue weighted by Gasteiger charge is 2.52. The van der Waals surface area contributed by atoms with Gasteiger partial charge in [-0.3, -0.25) is 4.79 Å². The van der Waals surface area contributed by atoms with Crippen LogP contribution in [0.1, 0.15) is 29.2 Å². The molecule has 0 saturated heterocycles. The molecule has 1 nitrogen and oxygen atoms in total. The SMILES string of the molecule is C/C=C\C1=C(C=O)C2(c3ccccc31)c1ccccc1-c1ccccc12. The van der Waals surface area contributed by atoms with Gasteiger partial charge in [0, 0.05) is 5.57 Å². The molecule has 0 aromatic heterocycles. The fourth-order valence-electron chi connectivity index (χ4n) is 4.85. The van der Waals surface area contributed by atoms with Crippen LogP contribution in [0.15, 0.2) is 90.5 Å². The van der Waals surface area contributed by atoms with Gasteiger partial charge in [0.15, 0.2) is 0 Å². The summed E-state index contributed by atoms with van der Waals surface area (Å²) >= 11 is 0. The second kappa shape index (κ2) is 5.40. The molecular formula is C25H18O. The zero-order valence-corrected chi connectivity index (χ0v) is 14.6. The lowest BCUT2D eigenvalue weighted by Crippen LogP contribution is -2.28. The maximum absolute atomic E-state index is 12.4. The van der Waals surface area contributed by atoms with Gasteiger partial charge in [-0.1, -0.05) is 84.9 Å². The van der Waals surface area contributed by atoms with Crippen molar-refractivity contribution < 1.29 is 4.79 Å². The molecule has 0 fully saturated rings. The van der Waals surface area contributed by atoms with Crippen molar-refractivity contribution in [2.75, 3.05) is 0 Å². The van der Waals surface area contributed by atoms with Gasteiger partial charge >= 0.3 is 0 Å². The van der Waals surface area contributed by atoms with E-state index in [0.717, 1.165) is 23.0 Å². The Morgan fingerprint density at radius 3 is 1.65 bits per heavy atom. The molecule has 0 saturated carbocycles. The Kier molecular flexibility index (Phi) is 3.14. The topological polar surface area (TPSA) is 17.1 Å². The van der Waals surface area contributed by atoms with Crippen LogP contribution < -0.4 is 0 Å². The van der Waals surface area contributed by atoms with E-state index in [9.17, 15) is 4.79 Å². The molecular weight excluding hydrogens is 316 g/mol. The smallest absolute Gasteiger partial charge is 0.148 e. The largest absolute Gasteiger partial charge is 0.298 e. The Balaban J connectivity index is 2.02. The number of hydrogen-bond acceptors (Lipinski definition) is 1. The first kappa shape index (κ1) is 15.1. The number of aldehydes is 1. The van der Waals surface area contributed by atoms with Crippen molar-refractivity contribution >= 4 is 11.9 Å². The first-order valence-corrected chi connectivity index (χ1v) is 8.96. The first-order chi connectivity index (χ1) is 12.8. The molecule has 1 spiro atoms. The van der Waals surface area contributed by atoms with Crippen LogP contribution in [0.25, 0.3) is 16.7 Å². The number of carbonyl (C=O) groups excluding carboxylic acids is 1. The fraction of sp³-hybridized carbons (Fsp3) is 0.0800. The van der Waals surface area contributed by atoms with E-state index in [1.54, 1.807) is 0 Å².